The van der Waals surface area contributed by atoms with Gasteiger partial charge in [-0.05, 0) is 47.7 Å². The molecule has 2 aliphatic rings. The molecule has 0 fully saturated rings. The molecule has 6 heteroatoms. The zero-order valence-corrected chi connectivity index (χ0v) is 19.5. The van der Waals surface area contributed by atoms with E-state index < -0.39 is 0 Å². The second-order valence-electron chi connectivity index (χ2n) is 9.29. The van der Waals surface area contributed by atoms with Crippen molar-refractivity contribution in [2.75, 3.05) is 19.0 Å². The number of carbonyl (C=O) groups is 2. The average Bonchev–Trinajstić information content (AvgIpc) is 3.28. The summed E-state index contributed by atoms with van der Waals surface area (Å²) in [5, 5.41) is 4.67. The van der Waals surface area contributed by atoms with Crippen LogP contribution in [0.25, 0.3) is 10.9 Å². The van der Waals surface area contributed by atoms with E-state index in [-0.39, 0.29) is 24.3 Å². The first-order valence-corrected chi connectivity index (χ1v) is 11.5. The maximum Gasteiger partial charge on any atom is 0.259 e. The van der Waals surface area contributed by atoms with Gasteiger partial charge in [-0.2, -0.15) is 0 Å². The predicted octanol–water partition coefficient (Wildman–Crippen LogP) is 4.90. The van der Waals surface area contributed by atoms with Crippen LogP contribution in [0.5, 0.6) is 5.75 Å². The van der Waals surface area contributed by atoms with Crippen LogP contribution < -0.4 is 10.1 Å². The van der Waals surface area contributed by atoms with Crippen LogP contribution in [0.1, 0.15) is 44.2 Å². The number of imide groups is 1. The molecule has 5 rings (SSSR count). The van der Waals surface area contributed by atoms with E-state index in [2.05, 4.69) is 42.1 Å². The lowest BCUT2D eigenvalue weighted by Crippen LogP contribution is -2.33. The van der Waals surface area contributed by atoms with Gasteiger partial charge in [-0.3, -0.25) is 14.5 Å². The fourth-order valence-corrected chi connectivity index (χ4v) is 5.00. The Balaban J connectivity index is 1.73. The van der Waals surface area contributed by atoms with Crippen LogP contribution in [0.15, 0.2) is 59.9 Å². The lowest BCUT2D eigenvalue weighted by atomic mass is 9.84. The highest BCUT2D eigenvalue weighted by molar-refractivity contribution is 6.11. The maximum atomic E-state index is 13.5. The molecule has 0 spiro atoms. The Hall–Kier alpha value is -3.54. The van der Waals surface area contributed by atoms with E-state index in [1.807, 2.05) is 30.3 Å². The van der Waals surface area contributed by atoms with Crippen LogP contribution in [0.3, 0.4) is 0 Å². The van der Waals surface area contributed by atoms with Crippen molar-refractivity contribution in [2.24, 2.45) is 5.92 Å². The molecule has 1 aromatic heterocycles. The summed E-state index contributed by atoms with van der Waals surface area (Å²) in [6.45, 7) is 7.08. The summed E-state index contributed by atoms with van der Waals surface area (Å²) in [7, 11) is 1.64. The van der Waals surface area contributed by atoms with Gasteiger partial charge in [0.1, 0.15) is 5.75 Å². The van der Waals surface area contributed by atoms with Crippen LogP contribution in [-0.4, -0.2) is 34.9 Å². The Morgan fingerprint density at radius 1 is 1.18 bits per heavy atom. The minimum Gasteiger partial charge on any atom is -0.497 e. The van der Waals surface area contributed by atoms with Crippen molar-refractivity contribution in [2.45, 2.75) is 39.7 Å². The van der Waals surface area contributed by atoms with Crippen molar-refractivity contribution < 1.29 is 14.3 Å². The van der Waals surface area contributed by atoms with Crippen LogP contribution in [0, 0.1) is 5.92 Å². The predicted molar refractivity (Wildman–Crippen MR) is 129 cm³/mol. The Morgan fingerprint density at radius 2 is 1.94 bits per heavy atom. The van der Waals surface area contributed by atoms with Gasteiger partial charge in [0.05, 0.1) is 24.7 Å². The first-order chi connectivity index (χ1) is 15.9. The average molecular weight is 444 g/mol. The standard InChI is InChI=1S/C27H29N3O3/c1-16(2)12-13-29-14-20-24(18-8-10-19(33-4)11-9-18)26-22(15-30(17(3)31)27(26)32)28-21-6-5-7-23(29)25(20)21/h5-11,14,16,24,28H,12-13,15H2,1-4H3/t24-/m0/s1. The van der Waals surface area contributed by atoms with Crippen molar-refractivity contribution in [1.82, 2.24) is 9.47 Å². The quantitative estimate of drug-likeness (QED) is 0.609. The van der Waals surface area contributed by atoms with E-state index in [1.54, 1.807) is 7.11 Å². The number of hydrogen-bond acceptors (Lipinski definition) is 4. The SMILES string of the molecule is COc1ccc([C@@H]2C3=C(CN(C(C)=O)C3=O)Nc3cccc4c3c2cn4CCC(C)C)cc1. The number of carbonyl (C=O) groups excluding carboxylic acids is 2. The van der Waals surface area contributed by atoms with Crippen LogP contribution >= 0.6 is 0 Å². The number of nitrogens with one attached hydrogen (secondary N) is 1. The molecule has 6 nitrogen and oxygen atoms in total. The number of aryl methyl sites for hydroxylation is 1. The third-order valence-electron chi connectivity index (χ3n) is 6.71. The largest absolute Gasteiger partial charge is 0.497 e. The molecule has 0 unspecified atom stereocenters. The number of hydrogen-bond donors (Lipinski definition) is 1. The fraction of sp³-hybridized carbons (Fsp3) is 0.333. The second kappa shape index (κ2) is 8.10. The van der Waals surface area contributed by atoms with Gasteiger partial charge in [0, 0.05) is 42.4 Å². The smallest absolute Gasteiger partial charge is 0.259 e. The molecule has 0 aliphatic carbocycles. The first kappa shape index (κ1) is 21.3. The van der Waals surface area contributed by atoms with E-state index in [0.717, 1.165) is 52.1 Å². The molecule has 0 saturated carbocycles. The molecule has 2 aromatic carbocycles. The van der Waals surface area contributed by atoms with Crippen LogP contribution in [-0.2, 0) is 16.1 Å². The van der Waals surface area contributed by atoms with E-state index in [1.165, 1.54) is 11.8 Å². The summed E-state index contributed by atoms with van der Waals surface area (Å²) >= 11 is 0. The summed E-state index contributed by atoms with van der Waals surface area (Å²) in [6, 6.07) is 14.1. The highest BCUT2D eigenvalue weighted by Crippen LogP contribution is 2.46. The molecule has 33 heavy (non-hydrogen) atoms. The van der Waals surface area contributed by atoms with Gasteiger partial charge in [-0.15, -0.1) is 0 Å². The summed E-state index contributed by atoms with van der Waals surface area (Å²) in [5.74, 6) is 0.620. The van der Waals surface area contributed by atoms with Gasteiger partial charge in [0.15, 0.2) is 0 Å². The Bertz CT molecular complexity index is 1280. The molecule has 170 valence electrons. The lowest BCUT2D eigenvalue weighted by Gasteiger charge is -2.19. The van der Waals surface area contributed by atoms with Gasteiger partial charge >= 0.3 is 0 Å². The third-order valence-corrected chi connectivity index (χ3v) is 6.71. The summed E-state index contributed by atoms with van der Waals surface area (Å²) in [6.07, 6.45) is 3.27. The highest BCUT2D eigenvalue weighted by atomic mass is 16.5. The Morgan fingerprint density at radius 3 is 2.61 bits per heavy atom. The number of benzene rings is 2. The monoisotopic (exact) mass is 443 g/mol. The molecule has 3 heterocycles. The molecular weight excluding hydrogens is 414 g/mol. The number of anilines is 1. The van der Waals surface area contributed by atoms with Crippen molar-refractivity contribution in [3.8, 4) is 5.75 Å². The Labute approximate surface area is 193 Å². The zero-order valence-electron chi connectivity index (χ0n) is 19.5. The lowest BCUT2D eigenvalue weighted by molar-refractivity contribution is -0.139. The fourth-order valence-electron chi connectivity index (χ4n) is 5.00. The third kappa shape index (κ3) is 3.50. The van der Waals surface area contributed by atoms with Gasteiger partial charge in [0.2, 0.25) is 5.91 Å². The molecule has 0 saturated heterocycles. The number of methoxy groups -OCH3 is 1. The van der Waals surface area contributed by atoms with Gasteiger partial charge in [-0.1, -0.05) is 32.0 Å². The minimum absolute atomic E-state index is 0.221. The van der Waals surface area contributed by atoms with E-state index >= 15 is 0 Å². The van der Waals surface area contributed by atoms with Crippen molar-refractivity contribution in [3.63, 3.8) is 0 Å². The van der Waals surface area contributed by atoms with E-state index in [4.69, 9.17) is 4.74 Å². The van der Waals surface area contributed by atoms with Gasteiger partial charge < -0.3 is 14.6 Å². The zero-order chi connectivity index (χ0) is 23.3. The second-order valence-corrected chi connectivity index (χ2v) is 9.29. The van der Waals surface area contributed by atoms with Crippen molar-refractivity contribution in [3.05, 3.63) is 71.1 Å². The van der Waals surface area contributed by atoms with Crippen molar-refractivity contribution in [1.29, 1.82) is 0 Å². The molecule has 0 bridgehead atoms. The number of ether oxygens (including phenoxy) is 1. The maximum absolute atomic E-state index is 13.5. The summed E-state index contributed by atoms with van der Waals surface area (Å²) in [4.78, 5) is 27.1. The van der Waals surface area contributed by atoms with E-state index in [9.17, 15) is 9.59 Å². The molecule has 3 aromatic rings. The summed E-state index contributed by atoms with van der Waals surface area (Å²) in [5.41, 5.74) is 5.68. The van der Waals surface area contributed by atoms with Crippen LogP contribution in [0.2, 0.25) is 0 Å². The number of aromatic nitrogens is 1. The van der Waals surface area contributed by atoms with Gasteiger partial charge in [-0.25, -0.2) is 0 Å². The van der Waals surface area contributed by atoms with E-state index in [0.29, 0.717) is 11.5 Å². The molecule has 2 aliphatic heterocycles. The number of rotatable bonds is 5. The highest BCUT2D eigenvalue weighted by Gasteiger charge is 2.41. The van der Waals surface area contributed by atoms with Crippen molar-refractivity contribution >= 4 is 28.4 Å². The molecule has 0 radical (unpaired) electrons. The molecule has 1 N–H and O–H groups in total. The number of amides is 2. The molecule has 2 amide bonds. The topological polar surface area (TPSA) is 63.6 Å². The first-order valence-electron chi connectivity index (χ1n) is 11.5. The molecular formula is C27H29N3O3. The minimum atomic E-state index is -0.276. The van der Waals surface area contributed by atoms with Crippen LogP contribution in [0.4, 0.5) is 5.69 Å². The Kier molecular flexibility index (Phi) is 5.23. The normalized spacial score (nSPS) is 17.4. The van der Waals surface area contributed by atoms with Gasteiger partial charge in [0.25, 0.3) is 5.91 Å². The number of nitrogens with zero attached hydrogens (tertiary/aromatic N) is 2. The molecule has 1 atom stereocenters. The summed E-state index contributed by atoms with van der Waals surface area (Å²) < 4.78 is 7.67.